The van der Waals surface area contributed by atoms with Crippen molar-refractivity contribution in [2.75, 3.05) is 4.31 Å². The van der Waals surface area contributed by atoms with Gasteiger partial charge in [-0.1, -0.05) is 18.2 Å². The van der Waals surface area contributed by atoms with Gasteiger partial charge in [-0.25, -0.2) is 12.7 Å². The van der Waals surface area contributed by atoms with Crippen molar-refractivity contribution in [1.82, 2.24) is 4.98 Å². The van der Waals surface area contributed by atoms with Crippen molar-refractivity contribution < 1.29 is 13.2 Å². The maximum absolute atomic E-state index is 12.7. The molecule has 0 bridgehead atoms. The van der Waals surface area contributed by atoms with E-state index in [1.54, 1.807) is 24.3 Å². The zero-order valence-electron chi connectivity index (χ0n) is 11.7. The average Bonchev–Trinajstić information content (AvgIpc) is 2.42. The largest absolute Gasteiger partial charge is 0.273 e. The molecule has 6 heteroatoms. The van der Waals surface area contributed by atoms with Crippen LogP contribution in [0.4, 0.5) is 5.69 Å². The fourth-order valence-electron chi connectivity index (χ4n) is 2.39. The van der Waals surface area contributed by atoms with E-state index in [1.165, 1.54) is 12.3 Å². The van der Waals surface area contributed by atoms with Crippen LogP contribution in [0, 0.1) is 13.8 Å². The van der Waals surface area contributed by atoms with Crippen molar-refractivity contribution >= 4 is 21.6 Å². The predicted octanol–water partition coefficient (Wildman–Crippen LogP) is 1.98. The number of aryl methyl sites for hydroxylation is 2. The molecule has 1 aromatic heterocycles. The summed E-state index contributed by atoms with van der Waals surface area (Å²) in [4.78, 5) is 16.6. The summed E-state index contributed by atoms with van der Waals surface area (Å²) in [5.74, 6) is -0.459. The zero-order chi connectivity index (χ0) is 15.2. The number of carbonyl (C=O) groups is 1. The van der Waals surface area contributed by atoms with Crippen LogP contribution in [0.5, 0.6) is 0 Å². The number of amides is 1. The Morgan fingerprint density at radius 3 is 2.62 bits per heavy atom. The average molecular weight is 302 g/mol. The first kappa shape index (κ1) is 13.8. The number of benzene rings is 1. The monoisotopic (exact) mass is 302 g/mol. The molecule has 0 aliphatic carbocycles. The lowest BCUT2D eigenvalue weighted by Gasteiger charge is -2.28. The van der Waals surface area contributed by atoms with Crippen molar-refractivity contribution in [3.63, 3.8) is 0 Å². The zero-order valence-corrected chi connectivity index (χ0v) is 12.5. The van der Waals surface area contributed by atoms with Gasteiger partial charge in [-0.15, -0.1) is 0 Å². The van der Waals surface area contributed by atoms with Crippen LogP contribution in [-0.2, 0) is 21.2 Å². The lowest BCUT2D eigenvalue weighted by Crippen LogP contribution is -2.42. The summed E-state index contributed by atoms with van der Waals surface area (Å²) in [5.41, 5.74) is 2.48. The van der Waals surface area contributed by atoms with Gasteiger partial charge in [-0.2, -0.15) is 0 Å². The van der Waals surface area contributed by atoms with Crippen LogP contribution in [0.2, 0.25) is 0 Å². The highest BCUT2D eigenvalue weighted by molar-refractivity contribution is 7.93. The van der Waals surface area contributed by atoms with Crippen molar-refractivity contribution in [2.45, 2.75) is 25.2 Å². The van der Waals surface area contributed by atoms with E-state index in [9.17, 15) is 13.2 Å². The van der Waals surface area contributed by atoms with Crippen molar-refractivity contribution in [3.05, 3.63) is 53.3 Å². The summed E-state index contributed by atoms with van der Waals surface area (Å²) in [6.45, 7) is 3.67. The maximum Gasteiger partial charge on any atom is 0.271 e. The Hall–Kier alpha value is -2.21. The number of anilines is 1. The van der Waals surface area contributed by atoms with E-state index >= 15 is 0 Å². The Morgan fingerprint density at radius 1 is 1.19 bits per heavy atom. The van der Waals surface area contributed by atoms with Crippen molar-refractivity contribution in [3.8, 4) is 0 Å². The van der Waals surface area contributed by atoms with Crippen LogP contribution >= 0.6 is 0 Å². The third-order valence-electron chi connectivity index (χ3n) is 3.62. The number of pyridine rings is 1. The molecule has 1 amide bonds. The fraction of sp³-hybridized carbons (Fsp3) is 0.200. The van der Waals surface area contributed by atoms with Gasteiger partial charge in [0.1, 0.15) is 0 Å². The summed E-state index contributed by atoms with van der Waals surface area (Å²) in [6, 6.07) is 8.25. The molecule has 5 nitrogen and oxygen atoms in total. The number of hydrogen-bond donors (Lipinski definition) is 0. The third-order valence-corrected chi connectivity index (χ3v) is 5.47. The highest BCUT2D eigenvalue weighted by atomic mass is 32.2. The standard InChI is InChI=1S/C15H14N2O3S/c1-10-7-13(9-16-11(10)2)17-15(18)8-12-5-3-4-6-14(12)21(17,19)20/h3-7,9H,8H2,1-2H3. The number of fused-ring (bicyclic) bond motifs is 1. The van der Waals surface area contributed by atoms with E-state index in [0.29, 0.717) is 5.56 Å². The van der Waals surface area contributed by atoms with Crippen LogP contribution in [0.15, 0.2) is 41.4 Å². The minimum atomic E-state index is -3.87. The number of aromatic nitrogens is 1. The molecular formula is C15H14N2O3S. The molecule has 21 heavy (non-hydrogen) atoms. The van der Waals surface area contributed by atoms with E-state index in [0.717, 1.165) is 15.6 Å². The van der Waals surface area contributed by atoms with Gasteiger partial charge >= 0.3 is 0 Å². The molecule has 108 valence electrons. The summed E-state index contributed by atoms with van der Waals surface area (Å²) in [7, 11) is -3.87. The number of nitrogens with zero attached hydrogens (tertiary/aromatic N) is 2. The summed E-state index contributed by atoms with van der Waals surface area (Å²) >= 11 is 0. The third kappa shape index (κ3) is 2.12. The Balaban J connectivity index is 2.20. The quantitative estimate of drug-likeness (QED) is 0.808. The first-order valence-electron chi connectivity index (χ1n) is 6.50. The molecular weight excluding hydrogens is 288 g/mol. The maximum atomic E-state index is 12.7. The highest BCUT2D eigenvalue weighted by Gasteiger charge is 2.37. The van der Waals surface area contributed by atoms with E-state index in [-0.39, 0.29) is 17.0 Å². The molecule has 2 heterocycles. The molecule has 0 saturated heterocycles. The number of carbonyl (C=O) groups excluding carboxylic acids is 1. The molecule has 3 rings (SSSR count). The molecule has 0 unspecified atom stereocenters. The van der Waals surface area contributed by atoms with Crippen LogP contribution in [0.25, 0.3) is 0 Å². The second kappa shape index (κ2) is 4.66. The molecule has 0 saturated carbocycles. The molecule has 2 aromatic rings. The van der Waals surface area contributed by atoms with Gasteiger partial charge < -0.3 is 0 Å². The fourth-order valence-corrected chi connectivity index (χ4v) is 4.02. The molecule has 0 radical (unpaired) electrons. The predicted molar refractivity (Wildman–Crippen MR) is 78.5 cm³/mol. The van der Waals surface area contributed by atoms with E-state index < -0.39 is 15.9 Å². The van der Waals surface area contributed by atoms with Crippen molar-refractivity contribution in [1.29, 1.82) is 0 Å². The van der Waals surface area contributed by atoms with Gasteiger partial charge in [-0.05, 0) is 37.1 Å². The van der Waals surface area contributed by atoms with E-state index in [2.05, 4.69) is 4.98 Å². The minimum Gasteiger partial charge on any atom is -0.273 e. The lowest BCUT2D eigenvalue weighted by molar-refractivity contribution is -0.117. The Labute approximate surface area is 123 Å². The number of rotatable bonds is 1. The number of hydrogen-bond acceptors (Lipinski definition) is 4. The van der Waals surface area contributed by atoms with Crippen LogP contribution in [-0.4, -0.2) is 19.3 Å². The lowest BCUT2D eigenvalue weighted by atomic mass is 10.1. The molecule has 1 aromatic carbocycles. The molecule has 1 aliphatic heterocycles. The van der Waals surface area contributed by atoms with Gasteiger partial charge in [0.2, 0.25) is 5.91 Å². The molecule has 0 fully saturated rings. The van der Waals surface area contributed by atoms with Crippen LogP contribution in [0.3, 0.4) is 0 Å². The van der Waals surface area contributed by atoms with Gasteiger partial charge in [0, 0.05) is 5.69 Å². The second-order valence-corrected chi connectivity index (χ2v) is 6.80. The summed E-state index contributed by atoms with van der Waals surface area (Å²) in [5, 5.41) is 0. The van der Waals surface area contributed by atoms with Crippen molar-refractivity contribution in [2.24, 2.45) is 0 Å². The molecule has 0 spiro atoms. The van der Waals surface area contributed by atoms with Gasteiger partial charge in [0.15, 0.2) is 0 Å². The Kier molecular flexibility index (Phi) is 3.06. The van der Waals surface area contributed by atoms with Gasteiger partial charge in [-0.3, -0.25) is 9.78 Å². The minimum absolute atomic E-state index is 0.0718. The Morgan fingerprint density at radius 2 is 1.90 bits per heavy atom. The van der Waals surface area contributed by atoms with Gasteiger partial charge in [0.25, 0.3) is 10.0 Å². The molecule has 0 N–H and O–H groups in total. The van der Waals surface area contributed by atoms with Crippen LogP contribution < -0.4 is 4.31 Å². The Bertz CT molecular complexity index is 844. The normalized spacial score (nSPS) is 16.7. The van der Waals surface area contributed by atoms with E-state index in [4.69, 9.17) is 0 Å². The summed E-state index contributed by atoms with van der Waals surface area (Å²) < 4.78 is 26.2. The first-order chi connectivity index (χ1) is 9.91. The van der Waals surface area contributed by atoms with E-state index in [1.807, 2.05) is 13.8 Å². The topological polar surface area (TPSA) is 67.3 Å². The second-order valence-electron chi connectivity index (χ2n) is 5.04. The first-order valence-corrected chi connectivity index (χ1v) is 7.94. The van der Waals surface area contributed by atoms with Crippen LogP contribution in [0.1, 0.15) is 16.8 Å². The molecule has 0 atom stereocenters. The molecule has 1 aliphatic rings. The number of sulfonamides is 1. The highest BCUT2D eigenvalue weighted by Crippen LogP contribution is 2.31. The summed E-state index contributed by atoms with van der Waals surface area (Å²) in [6.07, 6.45) is 1.49. The smallest absolute Gasteiger partial charge is 0.271 e. The van der Waals surface area contributed by atoms with Gasteiger partial charge in [0.05, 0.1) is 23.2 Å². The SMILES string of the molecule is Cc1cc(N2C(=O)Cc3ccccc3S2(=O)=O)cnc1C.